The molecule has 7 nitrogen and oxygen atoms in total. The predicted molar refractivity (Wildman–Crippen MR) is 61.6 cm³/mol. The lowest BCUT2D eigenvalue weighted by Gasteiger charge is -2.06. The van der Waals surface area contributed by atoms with Gasteiger partial charge in [-0.2, -0.15) is 5.10 Å². The summed E-state index contributed by atoms with van der Waals surface area (Å²) in [4.78, 5) is 19.8. The fourth-order valence-electron chi connectivity index (χ4n) is 1.26. The lowest BCUT2D eigenvalue weighted by atomic mass is 10.2. The predicted octanol–water partition coefficient (Wildman–Crippen LogP) is 0.561. The Kier molecular flexibility index (Phi) is 3.20. The first-order valence-corrected chi connectivity index (χ1v) is 4.89. The molecule has 0 aliphatic carbocycles. The Bertz CT molecular complexity index is 515. The summed E-state index contributed by atoms with van der Waals surface area (Å²) >= 11 is 0. The summed E-state index contributed by atoms with van der Waals surface area (Å²) in [6.45, 7) is 0. The van der Waals surface area contributed by atoms with Crippen LogP contribution in [0.4, 0.5) is 11.8 Å². The van der Waals surface area contributed by atoms with Gasteiger partial charge >= 0.3 is 0 Å². The second kappa shape index (κ2) is 4.97. The summed E-state index contributed by atoms with van der Waals surface area (Å²) in [6.07, 6.45) is 4.48. The maximum absolute atomic E-state index is 11.9. The fraction of sp³-hybridized carbons (Fsp3) is 0.100. The van der Waals surface area contributed by atoms with Crippen molar-refractivity contribution >= 4 is 17.7 Å². The standard InChI is InChI=1S/C10H10N6O/c1-11-8-7(3-2-4-12-8)9(17)15-10-13-5-6-14-16-10/h2-6H,1H3,(H,11,12)(H,13,15,16,17). The van der Waals surface area contributed by atoms with Crippen LogP contribution >= 0.6 is 0 Å². The van der Waals surface area contributed by atoms with Gasteiger partial charge in [-0.3, -0.25) is 10.1 Å². The molecule has 0 fully saturated rings. The Balaban J connectivity index is 2.20. The van der Waals surface area contributed by atoms with E-state index in [1.807, 2.05) is 0 Å². The maximum atomic E-state index is 11.9. The third-order valence-electron chi connectivity index (χ3n) is 2.00. The Labute approximate surface area is 97.3 Å². The van der Waals surface area contributed by atoms with Crippen LogP contribution in [0.25, 0.3) is 0 Å². The number of carbonyl (C=O) groups is 1. The average molecular weight is 230 g/mol. The zero-order valence-electron chi connectivity index (χ0n) is 9.08. The van der Waals surface area contributed by atoms with Gasteiger partial charge in [-0.05, 0) is 12.1 Å². The van der Waals surface area contributed by atoms with Crippen molar-refractivity contribution in [2.24, 2.45) is 0 Å². The number of amides is 1. The number of anilines is 2. The number of rotatable bonds is 3. The topological polar surface area (TPSA) is 92.7 Å². The quantitative estimate of drug-likeness (QED) is 0.800. The van der Waals surface area contributed by atoms with E-state index in [2.05, 4.69) is 30.8 Å². The van der Waals surface area contributed by atoms with Crippen molar-refractivity contribution in [3.63, 3.8) is 0 Å². The number of carbonyl (C=O) groups excluding carboxylic acids is 1. The van der Waals surface area contributed by atoms with Crippen molar-refractivity contribution < 1.29 is 4.79 Å². The van der Waals surface area contributed by atoms with Crippen molar-refractivity contribution in [2.75, 3.05) is 17.7 Å². The first-order chi connectivity index (χ1) is 8.31. The zero-order chi connectivity index (χ0) is 12.1. The van der Waals surface area contributed by atoms with E-state index in [0.29, 0.717) is 11.4 Å². The molecule has 2 aromatic rings. The first-order valence-electron chi connectivity index (χ1n) is 4.89. The fourth-order valence-corrected chi connectivity index (χ4v) is 1.26. The Morgan fingerprint density at radius 2 is 2.12 bits per heavy atom. The number of hydrogen-bond acceptors (Lipinski definition) is 6. The number of nitrogens with one attached hydrogen (secondary N) is 2. The summed E-state index contributed by atoms with van der Waals surface area (Å²) in [6, 6.07) is 3.34. The molecule has 0 spiro atoms. The van der Waals surface area contributed by atoms with Gasteiger partial charge in [0.1, 0.15) is 5.82 Å². The van der Waals surface area contributed by atoms with Crippen molar-refractivity contribution in [3.8, 4) is 0 Å². The van der Waals surface area contributed by atoms with Crippen LogP contribution in [-0.4, -0.2) is 33.1 Å². The molecule has 86 valence electrons. The van der Waals surface area contributed by atoms with E-state index in [9.17, 15) is 4.79 Å². The number of hydrogen-bond donors (Lipinski definition) is 2. The van der Waals surface area contributed by atoms with Crippen LogP contribution in [0.15, 0.2) is 30.7 Å². The SMILES string of the molecule is CNc1ncccc1C(=O)Nc1nccnn1. The normalized spacial score (nSPS) is 9.71. The molecule has 2 rings (SSSR count). The second-order valence-corrected chi connectivity index (χ2v) is 3.07. The molecule has 0 atom stereocenters. The van der Waals surface area contributed by atoms with Crippen LogP contribution < -0.4 is 10.6 Å². The van der Waals surface area contributed by atoms with Crippen LogP contribution in [0.1, 0.15) is 10.4 Å². The molecule has 0 aliphatic rings. The minimum atomic E-state index is -0.338. The molecular formula is C10H10N6O. The highest BCUT2D eigenvalue weighted by Gasteiger charge is 2.12. The molecular weight excluding hydrogens is 220 g/mol. The van der Waals surface area contributed by atoms with E-state index in [0.717, 1.165) is 0 Å². The molecule has 0 unspecified atom stereocenters. The Morgan fingerprint density at radius 1 is 1.24 bits per heavy atom. The third kappa shape index (κ3) is 2.51. The summed E-state index contributed by atoms with van der Waals surface area (Å²) in [7, 11) is 1.69. The van der Waals surface area contributed by atoms with Gasteiger partial charge in [-0.15, -0.1) is 5.10 Å². The lowest BCUT2D eigenvalue weighted by Crippen LogP contribution is -2.16. The van der Waals surface area contributed by atoms with Gasteiger partial charge in [0.05, 0.1) is 18.0 Å². The second-order valence-electron chi connectivity index (χ2n) is 3.07. The molecule has 0 saturated carbocycles. The third-order valence-corrected chi connectivity index (χ3v) is 2.00. The smallest absolute Gasteiger partial charge is 0.261 e. The monoisotopic (exact) mass is 230 g/mol. The zero-order valence-corrected chi connectivity index (χ0v) is 9.08. The van der Waals surface area contributed by atoms with Crippen molar-refractivity contribution in [2.45, 2.75) is 0 Å². The minimum Gasteiger partial charge on any atom is -0.372 e. The minimum absolute atomic E-state index is 0.156. The average Bonchev–Trinajstić information content (AvgIpc) is 2.40. The van der Waals surface area contributed by atoms with Crippen LogP contribution in [0.2, 0.25) is 0 Å². The Morgan fingerprint density at radius 3 is 2.82 bits per heavy atom. The lowest BCUT2D eigenvalue weighted by molar-refractivity contribution is 0.102. The number of pyridine rings is 1. The van der Waals surface area contributed by atoms with E-state index in [4.69, 9.17) is 0 Å². The molecule has 2 N–H and O–H groups in total. The highest BCUT2D eigenvalue weighted by molar-refractivity contribution is 6.06. The van der Waals surface area contributed by atoms with Gasteiger partial charge < -0.3 is 5.32 Å². The summed E-state index contributed by atoms with van der Waals surface area (Å²) < 4.78 is 0. The van der Waals surface area contributed by atoms with Crippen LogP contribution in [0.5, 0.6) is 0 Å². The molecule has 0 aliphatic heterocycles. The summed E-state index contributed by atoms with van der Waals surface area (Å²) in [5, 5.41) is 12.6. The first kappa shape index (κ1) is 10.9. The van der Waals surface area contributed by atoms with Gasteiger partial charge in [0.15, 0.2) is 0 Å². The van der Waals surface area contributed by atoms with Crippen molar-refractivity contribution in [1.82, 2.24) is 20.2 Å². The maximum Gasteiger partial charge on any atom is 0.261 e. The van der Waals surface area contributed by atoms with Gasteiger partial charge in [0.2, 0.25) is 5.95 Å². The van der Waals surface area contributed by atoms with Crippen molar-refractivity contribution in [3.05, 3.63) is 36.3 Å². The van der Waals surface area contributed by atoms with E-state index in [-0.39, 0.29) is 11.9 Å². The van der Waals surface area contributed by atoms with Crippen LogP contribution in [0, 0.1) is 0 Å². The van der Waals surface area contributed by atoms with E-state index in [1.54, 1.807) is 25.4 Å². The van der Waals surface area contributed by atoms with E-state index >= 15 is 0 Å². The molecule has 2 aromatic heterocycles. The highest BCUT2D eigenvalue weighted by atomic mass is 16.1. The highest BCUT2D eigenvalue weighted by Crippen LogP contribution is 2.11. The molecule has 0 aromatic carbocycles. The summed E-state index contributed by atoms with van der Waals surface area (Å²) in [5.74, 6) is 0.313. The van der Waals surface area contributed by atoms with Crippen LogP contribution in [0.3, 0.4) is 0 Å². The summed E-state index contributed by atoms with van der Waals surface area (Å²) in [5.41, 5.74) is 0.419. The van der Waals surface area contributed by atoms with E-state index < -0.39 is 0 Å². The molecule has 0 bridgehead atoms. The van der Waals surface area contributed by atoms with Gasteiger partial charge in [0, 0.05) is 13.2 Å². The molecule has 7 heteroatoms. The molecule has 2 heterocycles. The Hall–Kier alpha value is -2.57. The number of aromatic nitrogens is 4. The molecule has 1 amide bonds. The molecule has 0 radical (unpaired) electrons. The van der Waals surface area contributed by atoms with Gasteiger partial charge in [-0.1, -0.05) is 0 Å². The van der Waals surface area contributed by atoms with Crippen molar-refractivity contribution in [1.29, 1.82) is 0 Å². The van der Waals surface area contributed by atoms with Gasteiger partial charge in [-0.25, -0.2) is 9.97 Å². The largest absolute Gasteiger partial charge is 0.372 e. The van der Waals surface area contributed by atoms with E-state index in [1.165, 1.54) is 12.4 Å². The van der Waals surface area contributed by atoms with Crippen LogP contribution in [-0.2, 0) is 0 Å². The van der Waals surface area contributed by atoms with Gasteiger partial charge in [0.25, 0.3) is 5.91 Å². The molecule has 17 heavy (non-hydrogen) atoms. The molecule has 0 saturated heterocycles. The number of nitrogens with zero attached hydrogens (tertiary/aromatic N) is 4.